The predicted molar refractivity (Wildman–Crippen MR) is 75.0 cm³/mol. The van der Waals surface area contributed by atoms with Gasteiger partial charge in [-0.15, -0.1) is 11.8 Å². The number of hydrogen-bond donors (Lipinski definition) is 1. The lowest BCUT2D eigenvalue weighted by Gasteiger charge is -2.18. The Bertz CT molecular complexity index is 611. The number of rotatable bonds is 5. The predicted octanol–water partition coefficient (Wildman–Crippen LogP) is 0.750. The van der Waals surface area contributed by atoms with Gasteiger partial charge in [-0.05, 0) is 13.3 Å². The number of sulfonamides is 1. The van der Waals surface area contributed by atoms with Gasteiger partial charge in [0.2, 0.25) is 0 Å². The fraction of sp³-hybridized carbons (Fsp3) is 0.636. The molecule has 1 unspecified atom stereocenters. The van der Waals surface area contributed by atoms with E-state index in [9.17, 15) is 13.2 Å². The molecule has 7 nitrogen and oxygen atoms in total. The highest BCUT2D eigenvalue weighted by molar-refractivity contribution is 8.00. The molecular formula is C11H17N3O4S2. The molecule has 1 N–H and O–H groups in total. The molecular weight excluding hydrogens is 302 g/mol. The van der Waals surface area contributed by atoms with Crippen molar-refractivity contribution < 1.29 is 18.3 Å². The van der Waals surface area contributed by atoms with Crippen LogP contribution in [0.1, 0.15) is 19.2 Å². The van der Waals surface area contributed by atoms with Gasteiger partial charge in [-0.3, -0.25) is 4.79 Å². The highest BCUT2D eigenvalue weighted by Crippen LogP contribution is 2.28. The molecule has 0 bridgehead atoms. The van der Waals surface area contributed by atoms with E-state index in [4.69, 9.17) is 5.11 Å². The first kappa shape index (κ1) is 15.3. The summed E-state index contributed by atoms with van der Waals surface area (Å²) in [4.78, 5) is 15.2. The third-order valence-corrected chi connectivity index (χ3v) is 6.02. The van der Waals surface area contributed by atoms with Crippen LogP contribution in [-0.4, -0.2) is 51.0 Å². The second-order valence-corrected chi connectivity index (χ2v) is 7.40. The second-order valence-electron chi connectivity index (χ2n) is 4.57. The van der Waals surface area contributed by atoms with Crippen LogP contribution in [0.25, 0.3) is 0 Å². The summed E-state index contributed by atoms with van der Waals surface area (Å²) >= 11 is 1.29. The molecule has 0 amide bonds. The number of aliphatic carboxylic acids is 1. The van der Waals surface area contributed by atoms with Crippen LogP contribution >= 0.6 is 11.8 Å². The highest BCUT2D eigenvalue weighted by atomic mass is 32.2. The Morgan fingerprint density at radius 1 is 1.60 bits per heavy atom. The van der Waals surface area contributed by atoms with Crippen molar-refractivity contribution in [3.8, 4) is 0 Å². The first-order chi connectivity index (χ1) is 9.37. The van der Waals surface area contributed by atoms with E-state index in [0.717, 1.165) is 10.7 Å². The monoisotopic (exact) mass is 319 g/mol. The summed E-state index contributed by atoms with van der Waals surface area (Å²) in [5.41, 5.74) is 0. The minimum Gasteiger partial charge on any atom is -0.480 e. The van der Waals surface area contributed by atoms with Crippen LogP contribution in [0.3, 0.4) is 0 Å². The van der Waals surface area contributed by atoms with Crippen molar-refractivity contribution in [1.29, 1.82) is 0 Å². The molecule has 0 aliphatic carbocycles. The molecule has 112 valence electrons. The molecule has 0 radical (unpaired) electrons. The summed E-state index contributed by atoms with van der Waals surface area (Å²) in [6.45, 7) is 4.42. The summed E-state index contributed by atoms with van der Waals surface area (Å²) in [5, 5.41) is 9.02. The number of nitrogens with zero attached hydrogens (tertiary/aromatic N) is 3. The number of thioether (sulfide) groups is 1. The van der Waals surface area contributed by atoms with Crippen LogP contribution in [0, 0.1) is 6.92 Å². The molecule has 0 spiro atoms. The van der Waals surface area contributed by atoms with Crippen molar-refractivity contribution in [2.24, 2.45) is 0 Å². The van der Waals surface area contributed by atoms with E-state index in [1.54, 1.807) is 11.5 Å². The van der Waals surface area contributed by atoms with Gasteiger partial charge in [0, 0.05) is 18.5 Å². The number of imidazole rings is 1. The van der Waals surface area contributed by atoms with Gasteiger partial charge in [-0.25, -0.2) is 13.4 Å². The number of aromatic nitrogens is 2. The minimum atomic E-state index is -3.85. The van der Waals surface area contributed by atoms with Crippen molar-refractivity contribution >= 4 is 27.8 Å². The minimum absolute atomic E-state index is 0.0720. The Morgan fingerprint density at radius 2 is 2.30 bits per heavy atom. The van der Waals surface area contributed by atoms with Crippen molar-refractivity contribution in [2.45, 2.75) is 37.9 Å². The average molecular weight is 319 g/mol. The Balaban J connectivity index is 2.35. The zero-order valence-corrected chi connectivity index (χ0v) is 12.9. The van der Waals surface area contributed by atoms with Crippen molar-refractivity contribution in [2.75, 3.05) is 11.6 Å². The van der Waals surface area contributed by atoms with Crippen LogP contribution < -0.4 is 0 Å². The summed E-state index contributed by atoms with van der Waals surface area (Å²) < 4.78 is 27.8. The molecule has 1 aliphatic rings. The lowest BCUT2D eigenvalue weighted by Crippen LogP contribution is -2.41. The molecule has 2 rings (SSSR count). The Kier molecular flexibility index (Phi) is 4.40. The molecule has 1 fully saturated rings. The number of carboxylic acids is 1. The summed E-state index contributed by atoms with van der Waals surface area (Å²) in [6.07, 6.45) is 2.35. The number of carboxylic acid groups (broad SMARTS) is 1. The number of hydrogen-bond acceptors (Lipinski definition) is 5. The number of carbonyl (C=O) groups is 1. The number of aryl methyl sites for hydroxylation is 2. The fourth-order valence-corrected chi connectivity index (χ4v) is 5.18. The molecule has 1 aromatic heterocycles. The zero-order chi connectivity index (χ0) is 14.9. The third-order valence-electron chi connectivity index (χ3n) is 3.12. The molecule has 1 aliphatic heterocycles. The van der Waals surface area contributed by atoms with Crippen LogP contribution in [0.15, 0.2) is 11.2 Å². The van der Waals surface area contributed by atoms with Gasteiger partial charge in [0.25, 0.3) is 10.0 Å². The molecule has 20 heavy (non-hydrogen) atoms. The van der Waals surface area contributed by atoms with Gasteiger partial charge in [0.05, 0.1) is 5.88 Å². The van der Waals surface area contributed by atoms with Crippen LogP contribution in [0.5, 0.6) is 0 Å². The molecule has 0 saturated carbocycles. The maximum Gasteiger partial charge on any atom is 0.322 e. The first-order valence-corrected chi connectivity index (χ1v) is 8.83. The summed E-state index contributed by atoms with van der Waals surface area (Å²) in [6, 6.07) is -1.01. The Morgan fingerprint density at radius 3 is 2.90 bits per heavy atom. The molecule has 9 heteroatoms. The maximum absolute atomic E-state index is 12.5. The maximum atomic E-state index is 12.5. The topological polar surface area (TPSA) is 92.5 Å². The van der Waals surface area contributed by atoms with Crippen molar-refractivity contribution in [3.63, 3.8) is 0 Å². The lowest BCUT2D eigenvalue weighted by atomic mass is 10.4. The highest BCUT2D eigenvalue weighted by Gasteiger charge is 2.41. The quantitative estimate of drug-likeness (QED) is 0.861. The standard InChI is InChI=1S/C11H17N3O4S2/c1-3-4-13-5-10(12-8(13)2)20(17,18)14-7-19-6-9(14)11(15)16/h5,9H,3-4,6-7H2,1-2H3,(H,15,16). The third kappa shape index (κ3) is 2.70. The lowest BCUT2D eigenvalue weighted by molar-refractivity contribution is -0.140. The van der Waals surface area contributed by atoms with E-state index in [-0.39, 0.29) is 16.7 Å². The Hall–Kier alpha value is -1.06. The molecule has 1 saturated heterocycles. The second kappa shape index (κ2) is 5.74. The van der Waals surface area contributed by atoms with Gasteiger partial charge in [0.15, 0.2) is 5.03 Å². The first-order valence-electron chi connectivity index (χ1n) is 6.24. The van der Waals surface area contributed by atoms with E-state index in [1.807, 2.05) is 6.92 Å². The fourth-order valence-electron chi connectivity index (χ4n) is 2.05. The largest absolute Gasteiger partial charge is 0.480 e. The average Bonchev–Trinajstić information content (AvgIpc) is 2.98. The van der Waals surface area contributed by atoms with E-state index in [2.05, 4.69) is 4.98 Å². The molecule has 2 heterocycles. The molecule has 1 aromatic rings. The van der Waals surface area contributed by atoms with E-state index >= 15 is 0 Å². The van der Waals surface area contributed by atoms with Crippen molar-refractivity contribution in [3.05, 3.63) is 12.0 Å². The zero-order valence-electron chi connectivity index (χ0n) is 11.3. The van der Waals surface area contributed by atoms with E-state index < -0.39 is 22.0 Å². The van der Waals surface area contributed by atoms with Crippen LogP contribution in [-0.2, 0) is 21.4 Å². The van der Waals surface area contributed by atoms with Gasteiger partial charge in [0.1, 0.15) is 11.9 Å². The molecule has 0 aromatic carbocycles. The smallest absolute Gasteiger partial charge is 0.322 e. The van der Waals surface area contributed by atoms with E-state index in [0.29, 0.717) is 12.4 Å². The van der Waals surface area contributed by atoms with E-state index in [1.165, 1.54) is 18.0 Å². The van der Waals surface area contributed by atoms with Crippen LogP contribution in [0.4, 0.5) is 0 Å². The summed E-state index contributed by atoms with van der Waals surface area (Å²) in [5.74, 6) is -0.0882. The van der Waals surface area contributed by atoms with Gasteiger partial charge < -0.3 is 9.67 Å². The van der Waals surface area contributed by atoms with Gasteiger partial charge in [-0.2, -0.15) is 4.31 Å². The van der Waals surface area contributed by atoms with Crippen LogP contribution in [0.2, 0.25) is 0 Å². The van der Waals surface area contributed by atoms with Crippen molar-refractivity contribution in [1.82, 2.24) is 13.9 Å². The SMILES string of the molecule is CCCn1cc(S(=O)(=O)N2CSCC2C(=O)O)nc1C. The summed E-state index contributed by atoms with van der Waals surface area (Å²) in [7, 11) is -3.85. The molecule has 1 atom stereocenters. The normalized spacial score (nSPS) is 20.4. The van der Waals surface area contributed by atoms with Gasteiger partial charge >= 0.3 is 5.97 Å². The Labute approximate surface area is 122 Å². The van der Waals surface area contributed by atoms with Gasteiger partial charge in [-0.1, -0.05) is 6.92 Å².